The highest BCUT2D eigenvalue weighted by atomic mass is 32.2. The lowest BCUT2D eigenvalue weighted by Crippen LogP contribution is -2.32. The van der Waals surface area contributed by atoms with Crippen LogP contribution in [0.1, 0.15) is 34.0 Å². The van der Waals surface area contributed by atoms with Crippen LogP contribution in [0, 0.1) is 6.92 Å². The predicted octanol–water partition coefficient (Wildman–Crippen LogP) is 5.37. The van der Waals surface area contributed by atoms with E-state index in [4.69, 9.17) is 9.72 Å². The van der Waals surface area contributed by atoms with Crippen molar-refractivity contribution in [3.8, 4) is 28.0 Å². The summed E-state index contributed by atoms with van der Waals surface area (Å²) in [6.45, 7) is 5.52. The van der Waals surface area contributed by atoms with Gasteiger partial charge < -0.3 is 19.6 Å². The van der Waals surface area contributed by atoms with Crippen LogP contribution >= 0.6 is 0 Å². The molecule has 0 radical (unpaired) electrons. The Morgan fingerprint density at radius 1 is 1.04 bits per heavy atom. The minimum absolute atomic E-state index is 0.166. The summed E-state index contributed by atoms with van der Waals surface area (Å²) in [5, 5.41) is 10.4. The van der Waals surface area contributed by atoms with Crippen molar-refractivity contribution in [3.63, 3.8) is 0 Å². The van der Waals surface area contributed by atoms with Crippen LogP contribution in [0.25, 0.3) is 33.3 Å². The molecular weight excluding hydrogens is 600 g/mol. The number of benzene rings is 3. The molecule has 1 amide bonds. The highest BCUT2D eigenvalue weighted by molar-refractivity contribution is 7.90. The average Bonchev–Trinajstić information content (AvgIpc) is 3.43. The van der Waals surface area contributed by atoms with Crippen molar-refractivity contribution in [2.45, 2.75) is 37.8 Å². The Hall–Kier alpha value is -4.51. The van der Waals surface area contributed by atoms with Gasteiger partial charge in [0.25, 0.3) is 15.9 Å². The van der Waals surface area contributed by atoms with E-state index in [9.17, 15) is 18.3 Å². The number of carbonyl (C=O) groups excluding carboxylic acids is 1. The molecule has 6 rings (SSSR count). The largest absolute Gasteiger partial charge is 0.496 e. The molecule has 10 heteroatoms. The number of fused-ring (bicyclic) bond motifs is 2. The fourth-order valence-corrected chi connectivity index (χ4v) is 7.41. The summed E-state index contributed by atoms with van der Waals surface area (Å²) in [6, 6.07) is 20.0. The van der Waals surface area contributed by atoms with Gasteiger partial charge in [-0.2, -0.15) is 0 Å². The van der Waals surface area contributed by atoms with E-state index < -0.39 is 16.1 Å². The predicted molar refractivity (Wildman–Crippen MR) is 180 cm³/mol. The third kappa shape index (κ3) is 5.91. The Morgan fingerprint density at radius 2 is 1.76 bits per heavy atom. The summed E-state index contributed by atoms with van der Waals surface area (Å²) >= 11 is 0. The van der Waals surface area contributed by atoms with Gasteiger partial charge in [0.15, 0.2) is 5.65 Å². The molecule has 5 aromatic rings. The van der Waals surface area contributed by atoms with Gasteiger partial charge in [-0.3, -0.25) is 4.79 Å². The molecule has 46 heavy (non-hydrogen) atoms. The van der Waals surface area contributed by atoms with Crippen LogP contribution in [0.4, 0.5) is 0 Å². The molecule has 0 unspecified atom stereocenters. The van der Waals surface area contributed by atoms with Gasteiger partial charge in [0.05, 0.1) is 18.1 Å². The van der Waals surface area contributed by atoms with E-state index in [0.717, 1.165) is 47.5 Å². The maximum absolute atomic E-state index is 14.0. The van der Waals surface area contributed by atoms with Gasteiger partial charge in [-0.15, -0.1) is 0 Å². The number of amides is 1. The maximum atomic E-state index is 14.0. The third-order valence-electron chi connectivity index (χ3n) is 8.56. The van der Waals surface area contributed by atoms with Gasteiger partial charge in [0.2, 0.25) is 0 Å². The van der Waals surface area contributed by atoms with E-state index in [1.807, 2.05) is 31.2 Å². The zero-order valence-electron chi connectivity index (χ0n) is 26.7. The molecule has 1 atom stereocenters. The normalized spacial score (nSPS) is 14.2. The number of nitrogens with zero attached hydrogens (tertiary/aromatic N) is 4. The van der Waals surface area contributed by atoms with Gasteiger partial charge in [0, 0.05) is 66.7 Å². The fourth-order valence-electron chi connectivity index (χ4n) is 6.08. The molecule has 2 aromatic heterocycles. The molecule has 0 fully saturated rings. The first-order valence-corrected chi connectivity index (χ1v) is 16.7. The SMILES string of the molecule is COc1cc(-c2cnc3c(c2)c(-c2ccc(C(=O)N(C)C[C@@H](C)O)cc2)cn3S(=O)(=O)c2ccc(C)cc2)cc2c1CN(C)CC2. The van der Waals surface area contributed by atoms with E-state index in [1.54, 1.807) is 69.9 Å². The number of aliphatic hydroxyl groups is 1. The molecule has 1 aliphatic heterocycles. The molecule has 0 aliphatic carbocycles. The molecule has 1 N–H and O–H groups in total. The number of methoxy groups -OCH3 is 1. The second kappa shape index (κ2) is 12.4. The summed E-state index contributed by atoms with van der Waals surface area (Å²) in [5.41, 5.74) is 7.33. The quantitative estimate of drug-likeness (QED) is 0.244. The number of aryl methyl sites for hydroxylation is 1. The highest BCUT2D eigenvalue weighted by Gasteiger charge is 2.25. The van der Waals surface area contributed by atoms with Crippen molar-refractivity contribution in [2.24, 2.45) is 0 Å². The number of hydrogen-bond donors (Lipinski definition) is 1. The monoisotopic (exact) mass is 638 g/mol. The lowest BCUT2D eigenvalue weighted by molar-refractivity contribution is 0.0703. The second-order valence-corrected chi connectivity index (χ2v) is 14.0. The Morgan fingerprint density at radius 3 is 2.43 bits per heavy atom. The number of aliphatic hydroxyl groups excluding tert-OH is 1. The van der Waals surface area contributed by atoms with Crippen LogP contribution in [-0.4, -0.2) is 78.6 Å². The van der Waals surface area contributed by atoms with Crippen LogP contribution in [0.5, 0.6) is 5.75 Å². The maximum Gasteiger partial charge on any atom is 0.269 e. The summed E-state index contributed by atoms with van der Waals surface area (Å²) < 4.78 is 35.0. The number of likely N-dealkylation sites (N-methyl/N-ethyl adjacent to an activating group) is 2. The summed E-state index contributed by atoms with van der Waals surface area (Å²) in [6.07, 6.45) is 3.58. The van der Waals surface area contributed by atoms with Crippen LogP contribution in [0.15, 0.2) is 84.0 Å². The molecule has 3 heterocycles. The number of carbonyl (C=O) groups is 1. The number of aromatic nitrogens is 2. The number of hydrogen-bond acceptors (Lipinski definition) is 7. The first-order valence-electron chi connectivity index (χ1n) is 15.2. The molecule has 238 valence electrons. The first-order chi connectivity index (χ1) is 22.0. The molecule has 9 nitrogen and oxygen atoms in total. The summed E-state index contributed by atoms with van der Waals surface area (Å²) in [4.78, 5) is 21.6. The van der Waals surface area contributed by atoms with Crippen molar-refractivity contribution >= 4 is 27.0 Å². The third-order valence-corrected chi connectivity index (χ3v) is 10.2. The van der Waals surface area contributed by atoms with Crippen molar-refractivity contribution in [2.75, 3.05) is 34.3 Å². The van der Waals surface area contributed by atoms with Crippen molar-refractivity contribution in [1.29, 1.82) is 0 Å². The minimum atomic E-state index is -3.97. The lowest BCUT2D eigenvalue weighted by atomic mass is 9.93. The molecule has 1 aliphatic rings. The van der Waals surface area contributed by atoms with Crippen LogP contribution in [0.3, 0.4) is 0 Å². The van der Waals surface area contributed by atoms with Crippen LogP contribution in [-0.2, 0) is 23.0 Å². The van der Waals surface area contributed by atoms with E-state index in [2.05, 4.69) is 18.0 Å². The van der Waals surface area contributed by atoms with Gasteiger partial charge in [-0.25, -0.2) is 17.4 Å². The molecule has 3 aromatic carbocycles. The first kappa shape index (κ1) is 31.5. The average molecular weight is 639 g/mol. The topological polar surface area (TPSA) is 105 Å². The standard InChI is InChI=1S/C36H38N4O5S/c1-23-6-12-30(13-7-23)46(43,44)40-22-32(25-8-10-26(11-9-25)36(42)39(4)20-24(2)41)31-17-29(19-37-35(31)40)28-16-27-14-15-38(3)21-33(27)34(18-28)45-5/h6-13,16-19,22,24,41H,14-15,20-21H2,1-5H3/t24-/m1/s1. The van der Waals surface area contributed by atoms with Gasteiger partial charge in [-0.05, 0) is 80.4 Å². The Labute approximate surface area is 269 Å². The van der Waals surface area contributed by atoms with Crippen LogP contribution in [0.2, 0.25) is 0 Å². The number of rotatable bonds is 8. The number of ether oxygens (including phenoxy) is 1. The molecule has 0 spiro atoms. The van der Waals surface area contributed by atoms with Crippen LogP contribution < -0.4 is 4.74 Å². The highest BCUT2D eigenvalue weighted by Crippen LogP contribution is 2.38. The summed E-state index contributed by atoms with van der Waals surface area (Å²) in [5.74, 6) is 0.605. The Bertz CT molecular complexity index is 2020. The van der Waals surface area contributed by atoms with E-state index in [1.165, 1.54) is 20.0 Å². The molecule has 0 bridgehead atoms. The Kier molecular flexibility index (Phi) is 8.45. The lowest BCUT2D eigenvalue weighted by Gasteiger charge is -2.27. The van der Waals surface area contributed by atoms with Gasteiger partial charge >= 0.3 is 0 Å². The van der Waals surface area contributed by atoms with Crippen molar-refractivity contribution in [1.82, 2.24) is 18.8 Å². The molecular formula is C36H38N4O5S. The second-order valence-electron chi connectivity index (χ2n) is 12.2. The zero-order chi connectivity index (χ0) is 32.7. The smallest absolute Gasteiger partial charge is 0.269 e. The summed E-state index contributed by atoms with van der Waals surface area (Å²) in [7, 11) is 1.45. The Balaban J connectivity index is 1.49. The van der Waals surface area contributed by atoms with Crippen molar-refractivity contribution < 1.29 is 23.1 Å². The minimum Gasteiger partial charge on any atom is -0.496 e. The zero-order valence-corrected chi connectivity index (χ0v) is 27.5. The van der Waals surface area contributed by atoms with E-state index >= 15 is 0 Å². The van der Waals surface area contributed by atoms with E-state index in [-0.39, 0.29) is 17.3 Å². The number of pyridine rings is 1. The van der Waals surface area contributed by atoms with Gasteiger partial charge in [0.1, 0.15) is 5.75 Å². The fraction of sp³-hybridized carbons (Fsp3) is 0.278. The molecule has 0 saturated carbocycles. The van der Waals surface area contributed by atoms with Gasteiger partial charge in [-0.1, -0.05) is 35.9 Å². The van der Waals surface area contributed by atoms with E-state index in [0.29, 0.717) is 22.2 Å². The van der Waals surface area contributed by atoms with Crippen molar-refractivity contribution in [3.05, 3.63) is 101 Å². The molecule has 0 saturated heterocycles.